The molecule has 3 rings (SSSR count). The smallest absolute Gasteiger partial charge is 0.410 e. The van der Waals surface area contributed by atoms with Gasteiger partial charge in [-0.3, -0.25) is 4.98 Å². The summed E-state index contributed by atoms with van der Waals surface area (Å²) >= 11 is 0. The number of hydrogen-bond acceptors (Lipinski definition) is 4. The van der Waals surface area contributed by atoms with Gasteiger partial charge in [0.1, 0.15) is 6.61 Å². The van der Waals surface area contributed by atoms with Crippen molar-refractivity contribution in [2.24, 2.45) is 0 Å². The number of rotatable bonds is 3. The van der Waals surface area contributed by atoms with Crippen LogP contribution in [0.15, 0.2) is 54.9 Å². The Morgan fingerprint density at radius 1 is 0.958 bits per heavy atom. The van der Waals surface area contributed by atoms with E-state index in [1.54, 1.807) is 17.3 Å². The number of amides is 1. The first-order valence-electron chi connectivity index (χ1n) is 7.43. The van der Waals surface area contributed by atoms with Crippen LogP contribution in [0.2, 0.25) is 0 Å². The number of ether oxygens (including phenoxy) is 1. The Labute approximate surface area is 154 Å². The van der Waals surface area contributed by atoms with Gasteiger partial charge in [-0.25, -0.2) is 4.79 Å². The summed E-state index contributed by atoms with van der Waals surface area (Å²) in [4.78, 5) is 20.1. The average Bonchev–Trinajstić information content (AvgIpc) is 2.61. The highest BCUT2D eigenvalue weighted by atomic mass is 35.5. The first-order chi connectivity index (χ1) is 10.8. The lowest BCUT2D eigenvalue weighted by Crippen LogP contribution is -2.48. The molecule has 0 unspecified atom stereocenters. The molecule has 24 heavy (non-hydrogen) atoms. The average molecular weight is 370 g/mol. The number of nitrogens with zero attached hydrogens (tertiary/aromatic N) is 3. The maximum atomic E-state index is 12.1. The number of carbonyl (C=O) groups excluding carboxylic acids is 1. The lowest BCUT2D eigenvalue weighted by atomic mass is 10.2. The van der Waals surface area contributed by atoms with Crippen LogP contribution in [0.25, 0.3) is 0 Å². The van der Waals surface area contributed by atoms with Crippen molar-refractivity contribution < 1.29 is 9.53 Å². The van der Waals surface area contributed by atoms with Gasteiger partial charge in [-0.05, 0) is 29.8 Å². The van der Waals surface area contributed by atoms with Crippen LogP contribution in [0.3, 0.4) is 0 Å². The SMILES string of the molecule is Cl.Cl.O=C(OCc1ccncc1)N1CCN(c2ccccc2)CC1. The number of benzene rings is 1. The van der Waals surface area contributed by atoms with Gasteiger partial charge in [0.25, 0.3) is 0 Å². The van der Waals surface area contributed by atoms with E-state index in [0.717, 1.165) is 18.7 Å². The Kier molecular flexibility index (Phi) is 8.36. The molecule has 2 heterocycles. The van der Waals surface area contributed by atoms with Crippen LogP contribution in [-0.4, -0.2) is 42.2 Å². The molecule has 0 spiro atoms. The zero-order valence-corrected chi connectivity index (χ0v) is 14.8. The molecule has 2 aromatic rings. The van der Waals surface area contributed by atoms with Gasteiger partial charge in [0.2, 0.25) is 0 Å². The number of halogens is 2. The Morgan fingerprint density at radius 2 is 1.58 bits per heavy atom. The van der Waals surface area contributed by atoms with E-state index in [4.69, 9.17) is 4.74 Å². The molecular weight excluding hydrogens is 349 g/mol. The van der Waals surface area contributed by atoms with Crippen LogP contribution in [0.4, 0.5) is 10.5 Å². The van der Waals surface area contributed by atoms with Crippen molar-refractivity contribution in [1.82, 2.24) is 9.88 Å². The monoisotopic (exact) mass is 369 g/mol. The molecule has 0 N–H and O–H groups in total. The summed E-state index contributed by atoms with van der Waals surface area (Å²) in [5, 5.41) is 0. The third-order valence-corrected chi connectivity index (χ3v) is 3.77. The molecular formula is C17H21Cl2N3O2. The number of pyridine rings is 1. The Balaban J connectivity index is 0.00000144. The van der Waals surface area contributed by atoms with Gasteiger partial charge in [0, 0.05) is 44.3 Å². The van der Waals surface area contributed by atoms with Crippen molar-refractivity contribution in [2.75, 3.05) is 31.1 Å². The Hall–Kier alpha value is -1.98. The van der Waals surface area contributed by atoms with Gasteiger partial charge in [0.15, 0.2) is 0 Å². The second kappa shape index (κ2) is 10.0. The summed E-state index contributed by atoms with van der Waals surface area (Å²) < 4.78 is 5.35. The molecule has 1 aliphatic heterocycles. The third kappa shape index (κ3) is 5.28. The third-order valence-electron chi connectivity index (χ3n) is 3.77. The summed E-state index contributed by atoms with van der Waals surface area (Å²) in [6, 6.07) is 14.0. The zero-order valence-electron chi connectivity index (χ0n) is 13.2. The molecule has 0 bridgehead atoms. The molecule has 0 radical (unpaired) electrons. The van der Waals surface area contributed by atoms with Gasteiger partial charge < -0.3 is 14.5 Å². The van der Waals surface area contributed by atoms with Crippen molar-refractivity contribution in [3.63, 3.8) is 0 Å². The summed E-state index contributed by atoms with van der Waals surface area (Å²) in [5.41, 5.74) is 2.15. The van der Waals surface area contributed by atoms with Crippen molar-refractivity contribution >= 4 is 36.6 Å². The van der Waals surface area contributed by atoms with Crippen LogP contribution >= 0.6 is 24.8 Å². The molecule has 1 saturated heterocycles. The van der Waals surface area contributed by atoms with E-state index in [1.807, 2.05) is 30.3 Å². The van der Waals surface area contributed by atoms with Crippen molar-refractivity contribution in [1.29, 1.82) is 0 Å². The number of carbonyl (C=O) groups is 1. The summed E-state index contributed by atoms with van der Waals surface area (Å²) in [6.07, 6.45) is 3.15. The number of hydrogen-bond donors (Lipinski definition) is 0. The summed E-state index contributed by atoms with van der Waals surface area (Å²) in [5.74, 6) is 0. The molecule has 0 saturated carbocycles. The standard InChI is InChI=1S/C17H19N3O2.2ClH/c21-17(22-14-15-6-8-18-9-7-15)20-12-10-19(11-13-20)16-4-2-1-3-5-16;;/h1-9H,10-14H2;2*1H. The van der Waals surface area contributed by atoms with Gasteiger partial charge in [-0.2, -0.15) is 0 Å². The number of para-hydroxylation sites is 1. The minimum absolute atomic E-state index is 0. The molecule has 5 nitrogen and oxygen atoms in total. The van der Waals surface area contributed by atoms with Gasteiger partial charge in [-0.1, -0.05) is 18.2 Å². The Bertz CT molecular complexity index is 606. The van der Waals surface area contributed by atoms with Crippen LogP contribution in [0.5, 0.6) is 0 Å². The molecule has 1 amide bonds. The second-order valence-corrected chi connectivity index (χ2v) is 5.22. The van der Waals surface area contributed by atoms with Crippen molar-refractivity contribution in [2.45, 2.75) is 6.61 Å². The van der Waals surface area contributed by atoms with Crippen molar-refractivity contribution in [3.8, 4) is 0 Å². The molecule has 0 aliphatic carbocycles. The number of aromatic nitrogens is 1. The normalized spacial score (nSPS) is 13.5. The van der Waals surface area contributed by atoms with E-state index < -0.39 is 0 Å². The summed E-state index contributed by atoms with van der Waals surface area (Å²) in [6.45, 7) is 3.32. The predicted molar refractivity (Wildman–Crippen MR) is 99.1 cm³/mol. The van der Waals surface area contributed by atoms with Gasteiger partial charge in [-0.15, -0.1) is 24.8 Å². The van der Waals surface area contributed by atoms with Crippen LogP contribution in [-0.2, 0) is 11.3 Å². The zero-order chi connectivity index (χ0) is 15.2. The second-order valence-electron chi connectivity index (χ2n) is 5.22. The molecule has 130 valence electrons. The number of piperazine rings is 1. The van der Waals surface area contributed by atoms with E-state index in [1.165, 1.54) is 5.69 Å². The van der Waals surface area contributed by atoms with Crippen LogP contribution < -0.4 is 4.90 Å². The maximum absolute atomic E-state index is 12.1. The predicted octanol–water partition coefficient (Wildman–Crippen LogP) is 3.38. The van der Waals surface area contributed by atoms with Gasteiger partial charge >= 0.3 is 6.09 Å². The first kappa shape index (κ1) is 20.1. The van der Waals surface area contributed by atoms with Gasteiger partial charge in [0.05, 0.1) is 0 Å². The first-order valence-corrected chi connectivity index (χ1v) is 7.43. The summed E-state index contributed by atoms with van der Waals surface area (Å²) in [7, 11) is 0. The lowest BCUT2D eigenvalue weighted by molar-refractivity contribution is 0.0942. The van der Waals surface area contributed by atoms with Crippen LogP contribution in [0, 0.1) is 0 Å². The highest BCUT2D eigenvalue weighted by Crippen LogP contribution is 2.16. The molecule has 7 heteroatoms. The van der Waals surface area contributed by atoms with Crippen LogP contribution in [0.1, 0.15) is 5.56 Å². The van der Waals surface area contributed by atoms with E-state index in [-0.39, 0.29) is 30.9 Å². The fraction of sp³-hybridized carbons (Fsp3) is 0.294. The molecule has 0 atom stereocenters. The highest BCUT2D eigenvalue weighted by Gasteiger charge is 2.22. The molecule has 1 aromatic heterocycles. The van der Waals surface area contributed by atoms with E-state index >= 15 is 0 Å². The van der Waals surface area contributed by atoms with E-state index in [9.17, 15) is 4.79 Å². The quantitative estimate of drug-likeness (QED) is 0.831. The minimum atomic E-state index is -0.246. The van der Waals surface area contributed by atoms with E-state index in [2.05, 4.69) is 22.0 Å². The lowest BCUT2D eigenvalue weighted by Gasteiger charge is -2.35. The molecule has 1 fully saturated rings. The molecule has 1 aromatic carbocycles. The number of anilines is 1. The molecule has 1 aliphatic rings. The Morgan fingerprint density at radius 3 is 2.21 bits per heavy atom. The fourth-order valence-electron chi connectivity index (χ4n) is 2.50. The maximum Gasteiger partial charge on any atom is 0.410 e. The minimum Gasteiger partial charge on any atom is -0.445 e. The van der Waals surface area contributed by atoms with Crippen molar-refractivity contribution in [3.05, 3.63) is 60.4 Å². The highest BCUT2D eigenvalue weighted by molar-refractivity contribution is 5.85. The largest absolute Gasteiger partial charge is 0.445 e. The fourth-order valence-corrected chi connectivity index (χ4v) is 2.50. The topological polar surface area (TPSA) is 45.7 Å². The van der Waals surface area contributed by atoms with E-state index in [0.29, 0.717) is 19.7 Å².